The van der Waals surface area contributed by atoms with Gasteiger partial charge in [0.15, 0.2) is 0 Å². The van der Waals surface area contributed by atoms with Gasteiger partial charge in [-0.2, -0.15) is 0 Å². The zero-order valence-electron chi connectivity index (χ0n) is 14.6. The molecule has 0 aliphatic carbocycles. The number of sulfonamides is 1. The van der Waals surface area contributed by atoms with E-state index in [2.05, 4.69) is 4.72 Å². The summed E-state index contributed by atoms with van der Waals surface area (Å²) < 4.78 is 46.7. The molecule has 0 spiro atoms. The second kappa shape index (κ2) is 8.08. The van der Waals surface area contributed by atoms with Crippen molar-refractivity contribution in [3.05, 3.63) is 59.9 Å². The van der Waals surface area contributed by atoms with Gasteiger partial charge in [0.1, 0.15) is 5.82 Å². The Morgan fingerprint density at radius 2 is 1.85 bits per heavy atom. The SMILES string of the molecule is Cc1cc(S(=O)(=O)NCC2(Sc3ccccc3)CCOCC2)ccc1F. The first kappa shape index (κ1) is 19.4. The van der Waals surface area contributed by atoms with Crippen molar-refractivity contribution >= 4 is 21.8 Å². The number of thioether (sulfide) groups is 1. The van der Waals surface area contributed by atoms with Crippen LogP contribution in [0.2, 0.25) is 0 Å². The normalized spacial score (nSPS) is 17.2. The van der Waals surface area contributed by atoms with Crippen LogP contribution in [0.25, 0.3) is 0 Å². The van der Waals surface area contributed by atoms with E-state index in [4.69, 9.17) is 4.74 Å². The molecule has 2 aromatic carbocycles. The van der Waals surface area contributed by atoms with Gasteiger partial charge >= 0.3 is 0 Å². The van der Waals surface area contributed by atoms with E-state index >= 15 is 0 Å². The Kier molecular flexibility index (Phi) is 6.02. The average molecular weight is 396 g/mol. The van der Waals surface area contributed by atoms with E-state index in [0.29, 0.717) is 25.3 Å². The summed E-state index contributed by atoms with van der Waals surface area (Å²) in [6.45, 7) is 3.07. The maximum atomic E-state index is 13.4. The van der Waals surface area contributed by atoms with Gasteiger partial charge in [0.2, 0.25) is 10.0 Å². The van der Waals surface area contributed by atoms with Gasteiger partial charge in [-0.1, -0.05) is 18.2 Å². The van der Waals surface area contributed by atoms with Gasteiger partial charge in [0, 0.05) is 29.4 Å². The van der Waals surface area contributed by atoms with Crippen molar-refractivity contribution in [3.63, 3.8) is 0 Å². The van der Waals surface area contributed by atoms with Gasteiger partial charge in [0.25, 0.3) is 0 Å². The lowest BCUT2D eigenvalue weighted by molar-refractivity contribution is 0.0784. The monoisotopic (exact) mass is 395 g/mol. The van der Waals surface area contributed by atoms with Crippen LogP contribution in [0.4, 0.5) is 4.39 Å². The Labute approximate surface area is 158 Å². The van der Waals surface area contributed by atoms with Crippen LogP contribution in [0.15, 0.2) is 58.3 Å². The number of rotatable bonds is 6. The smallest absolute Gasteiger partial charge is 0.240 e. The van der Waals surface area contributed by atoms with Crippen LogP contribution in [0.5, 0.6) is 0 Å². The van der Waals surface area contributed by atoms with Crippen molar-refractivity contribution in [2.45, 2.75) is 34.3 Å². The Morgan fingerprint density at radius 1 is 1.15 bits per heavy atom. The second-order valence-corrected chi connectivity index (χ2v) is 9.75. The summed E-state index contributed by atoms with van der Waals surface area (Å²) >= 11 is 1.69. The lowest BCUT2D eigenvalue weighted by atomic mass is 9.99. The van der Waals surface area contributed by atoms with Crippen LogP contribution in [-0.4, -0.2) is 32.9 Å². The highest BCUT2D eigenvalue weighted by atomic mass is 32.2. The molecule has 1 heterocycles. The molecule has 1 aliphatic rings. The van der Waals surface area contributed by atoms with Gasteiger partial charge in [-0.15, -0.1) is 11.8 Å². The third-order valence-corrected chi connectivity index (χ3v) is 7.40. The minimum atomic E-state index is -3.70. The van der Waals surface area contributed by atoms with Gasteiger partial charge in [-0.25, -0.2) is 17.5 Å². The average Bonchev–Trinajstić information content (AvgIpc) is 2.64. The Hall–Kier alpha value is -1.41. The first-order valence-electron chi connectivity index (χ1n) is 8.48. The van der Waals surface area contributed by atoms with Crippen LogP contribution >= 0.6 is 11.8 Å². The summed E-state index contributed by atoms with van der Waals surface area (Å²) in [6, 6.07) is 13.8. The highest BCUT2D eigenvalue weighted by molar-refractivity contribution is 8.00. The molecular weight excluding hydrogens is 373 g/mol. The Morgan fingerprint density at radius 3 is 2.50 bits per heavy atom. The predicted octanol–water partition coefficient (Wildman–Crippen LogP) is 3.75. The molecule has 0 aromatic heterocycles. The molecule has 0 unspecified atom stereocenters. The summed E-state index contributed by atoms with van der Waals surface area (Å²) in [5, 5.41) is 0. The summed E-state index contributed by atoms with van der Waals surface area (Å²) in [5.41, 5.74) is 0.312. The molecule has 3 rings (SSSR count). The van der Waals surface area contributed by atoms with E-state index in [9.17, 15) is 12.8 Å². The molecule has 26 heavy (non-hydrogen) atoms. The summed E-state index contributed by atoms with van der Waals surface area (Å²) in [4.78, 5) is 1.19. The number of hydrogen-bond donors (Lipinski definition) is 1. The van der Waals surface area contributed by atoms with Gasteiger partial charge in [-0.3, -0.25) is 0 Å². The van der Waals surface area contributed by atoms with Crippen LogP contribution in [0.1, 0.15) is 18.4 Å². The predicted molar refractivity (Wildman–Crippen MR) is 101 cm³/mol. The van der Waals surface area contributed by atoms with E-state index in [1.165, 1.54) is 18.2 Å². The zero-order valence-corrected chi connectivity index (χ0v) is 16.2. The number of hydrogen-bond acceptors (Lipinski definition) is 4. The van der Waals surface area contributed by atoms with Crippen molar-refractivity contribution in [2.24, 2.45) is 0 Å². The lowest BCUT2D eigenvalue weighted by Crippen LogP contribution is -2.44. The second-order valence-electron chi connectivity index (χ2n) is 6.45. The van der Waals surface area contributed by atoms with Gasteiger partial charge < -0.3 is 4.74 Å². The number of benzene rings is 2. The molecule has 1 saturated heterocycles. The summed E-state index contributed by atoms with van der Waals surface area (Å²) in [7, 11) is -3.70. The third kappa shape index (κ3) is 4.65. The van der Waals surface area contributed by atoms with Crippen LogP contribution in [0.3, 0.4) is 0 Å². The van der Waals surface area contributed by atoms with E-state index in [1.54, 1.807) is 18.7 Å². The molecule has 0 atom stereocenters. The third-order valence-electron chi connectivity index (χ3n) is 4.51. The Bertz CT molecular complexity index is 850. The topological polar surface area (TPSA) is 55.4 Å². The number of ether oxygens (including phenoxy) is 1. The molecule has 7 heteroatoms. The van der Waals surface area contributed by atoms with E-state index in [0.717, 1.165) is 17.7 Å². The highest BCUT2D eigenvalue weighted by Gasteiger charge is 2.35. The summed E-state index contributed by atoms with van der Waals surface area (Å²) in [5.74, 6) is -0.413. The van der Waals surface area contributed by atoms with E-state index in [-0.39, 0.29) is 9.64 Å². The van der Waals surface area contributed by atoms with Crippen molar-refractivity contribution < 1.29 is 17.5 Å². The molecule has 1 aliphatic heterocycles. The largest absolute Gasteiger partial charge is 0.381 e. The van der Waals surface area contributed by atoms with E-state index in [1.807, 2.05) is 30.3 Å². The molecule has 1 fully saturated rings. The molecule has 140 valence electrons. The lowest BCUT2D eigenvalue weighted by Gasteiger charge is -2.36. The Balaban J connectivity index is 1.77. The molecular formula is C19H22FNO3S2. The first-order valence-corrected chi connectivity index (χ1v) is 10.8. The molecule has 0 bridgehead atoms. The zero-order chi connectivity index (χ0) is 18.6. The number of nitrogens with one attached hydrogen (secondary N) is 1. The molecule has 0 radical (unpaired) electrons. The van der Waals surface area contributed by atoms with Crippen LogP contribution in [-0.2, 0) is 14.8 Å². The number of aryl methyl sites for hydroxylation is 1. The fraction of sp³-hybridized carbons (Fsp3) is 0.368. The van der Waals surface area contributed by atoms with Crippen molar-refractivity contribution in [3.8, 4) is 0 Å². The standard InChI is InChI=1S/C19H22FNO3S2/c1-15-13-17(7-8-18(15)20)26(22,23)21-14-19(9-11-24-12-10-19)25-16-5-3-2-4-6-16/h2-8,13,21H,9-12,14H2,1H3. The van der Waals surface area contributed by atoms with Crippen molar-refractivity contribution in [1.29, 1.82) is 0 Å². The molecule has 1 N–H and O–H groups in total. The minimum Gasteiger partial charge on any atom is -0.381 e. The first-order chi connectivity index (χ1) is 12.4. The highest BCUT2D eigenvalue weighted by Crippen LogP contribution is 2.40. The molecule has 4 nitrogen and oxygen atoms in total. The fourth-order valence-electron chi connectivity index (χ4n) is 2.89. The summed E-state index contributed by atoms with van der Waals surface area (Å²) in [6.07, 6.45) is 1.52. The van der Waals surface area contributed by atoms with Crippen molar-refractivity contribution in [2.75, 3.05) is 19.8 Å². The molecule has 0 saturated carbocycles. The van der Waals surface area contributed by atoms with Gasteiger partial charge in [0.05, 0.1) is 4.90 Å². The van der Waals surface area contributed by atoms with Gasteiger partial charge in [-0.05, 0) is 55.7 Å². The maximum Gasteiger partial charge on any atom is 0.240 e. The van der Waals surface area contributed by atoms with Crippen molar-refractivity contribution in [1.82, 2.24) is 4.72 Å². The molecule has 0 amide bonds. The fourth-order valence-corrected chi connectivity index (χ4v) is 5.50. The van der Waals surface area contributed by atoms with Crippen LogP contribution in [0, 0.1) is 12.7 Å². The number of halogens is 1. The quantitative estimate of drug-likeness (QED) is 0.809. The maximum absolute atomic E-state index is 13.4. The van der Waals surface area contributed by atoms with Crippen LogP contribution < -0.4 is 4.72 Å². The minimum absolute atomic E-state index is 0.0864. The van der Waals surface area contributed by atoms with E-state index < -0.39 is 15.8 Å². The molecule has 2 aromatic rings.